The second-order valence-corrected chi connectivity index (χ2v) is 7.95. The van der Waals surface area contributed by atoms with E-state index in [-0.39, 0.29) is 5.82 Å². The Balaban J connectivity index is 1.72. The third kappa shape index (κ3) is 4.44. The summed E-state index contributed by atoms with van der Waals surface area (Å²) in [6.45, 7) is 2.08. The predicted octanol–water partition coefficient (Wildman–Crippen LogP) is 5.53. The highest BCUT2D eigenvalue weighted by Gasteiger charge is 2.23. The summed E-state index contributed by atoms with van der Waals surface area (Å²) >= 11 is 0. The third-order valence-electron chi connectivity index (χ3n) is 5.90. The summed E-state index contributed by atoms with van der Waals surface area (Å²) in [7, 11) is 4.14. The summed E-state index contributed by atoms with van der Waals surface area (Å²) in [6, 6.07) is 25.8. The first kappa shape index (κ1) is 20.3. The Morgan fingerprint density at radius 1 is 0.867 bits per heavy atom. The molecule has 4 rings (SSSR count). The number of anilines is 1. The van der Waals surface area contributed by atoms with E-state index >= 15 is 4.39 Å². The molecule has 1 aliphatic rings. The first-order valence-electron chi connectivity index (χ1n) is 10.5. The number of piperidine rings is 1. The maximum Gasteiger partial charge on any atom is 0.172 e. The molecule has 0 aliphatic carbocycles. The summed E-state index contributed by atoms with van der Waals surface area (Å²) in [6.07, 6.45) is 2.08. The summed E-state index contributed by atoms with van der Waals surface area (Å²) < 4.78 is 15.6. The van der Waals surface area contributed by atoms with E-state index in [4.69, 9.17) is 4.99 Å². The van der Waals surface area contributed by atoms with Crippen molar-refractivity contribution in [3.8, 4) is 0 Å². The van der Waals surface area contributed by atoms with Crippen molar-refractivity contribution in [1.29, 1.82) is 0 Å². The lowest BCUT2D eigenvalue weighted by Gasteiger charge is -2.36. The Kier molecular flexibility index (Phi) is 6.24. The molecular formula is C26H28FN3. The van der Waals surface area contributed by atoms with Crippen molar-refractivity contribution in [1.82, 2.24) is 4.90 Å². The lowest BCUT2D eigenvalue weighted by Crippen LogP contribution is -2.42. The molecule has 0 bridgehead atoms. The Hall–Kier alpha value is -2.98. The van der Waals surface area contributed by atoms with Crippen molar-refractivity contribution in [2.24, 2.45) is 4.99 Å². The van der Waals surface area contributed by atoms with E-state index in [1.807, 2.05) is 79.8 Å². The van der Waals surface area contributed by atoms with Crippen LogP contribution in [0.1, 0.15) is 24.0 Å². The number of benzene rings is 3. The van der Waals surface area contributed by atoms with Crippen molar-refractivity contribution in [2.45, 2.75) is 18.9 Å². The number of nitrogens with zero attached hydrogens (tertiary/aromatic N) is 3. The van der Waals surface area contributed by atoms with Crippen LogP contribution in [0.25, 0.3) is 0 Å². The second-order valence-electron chi connectivity index (χ2n) is 7.95. The van der Waals surface area contributed by atoms with Gasteiger partial charge in [-0.25, -0.2) is 9.38 Å². The Morgan fingerprint density at radius 3 is 2.00 bits per heavy atom. The second kappa shape index (κ2) is 9.23. The number of hydrogen-bond acceptors (Lipinski definition) is 3. The van der Waals surface area contributed by atoms with Crippen LogP contribution in [-0.2, 0) is 0 Å². The molecule has 0 N–H and O–H groups in total. The molecule has 0 atom stereocenters. The number of hydrogen-bond donors (Lipinski definition) is 0. The van der Waals surface area contributed by atoms with E-state index in [1.165, 1.54) is 0 Å². The summed E-state index contributed by atoms with van der Waals surface area (Å²) in [5, 5.41) is 0. The molecule has 0 spiro atoms. The molecule has 1 fully saturated rings. The molecule has 3 nitrogen and oxygen atoms in total. The fourth-order valence-corrected chi connectivity index (χ4v) is 4.05. The van der Waals surface area contributed by atoms with Gasteiger partial charge in [0.25, 0.3) is 0 Å². The molecule has 0 aromatic heterocycles. The predicted molar refractivity (Wildman–Crippen MR) is 124 cm³/mol. The molecule has 1 heterocycles. The van der Waals surface area contributed by atoms with E-state index in [0.717, 1.165) is 42.8 Å². The first-order chi connectivity index (χ1) is 14.6. The van der Waals surface area contributed by atoms with Gasteiger partial charge in [0.05, 0.1) is 11.4 Å². The molecule has 0 radical (unpaired) electrons. The first-order valence-corrected chi connectivity index (χ1v) is 10.5. The molecule has 1 aliphatic heterocycles. The molecule has 3 aromatic carbocycles. The van der Waals surface area contributed by atoms with Crippen molar-refractivity contribution < 1.29 is 4.39 Å². The molecular weight excluding hydrogens is 373 g/mol. The van der Waals surface area contributed by atoms with Crippen LogP contribution < -0.4 is 4.90 Å². The van der Waals surface area contributed by atoms with Crippen LogP contribution in [0.2, 0.25) is 0 Å². The molecule has 0 saturated carbocycles. The molecule has 4 heteroatoms. The summed E-state index contributed by atoms with van der Waals surface area (Å²) in [5.74, 6) is -0.261. The summed E-state index contributed by atoms with van der Waals surface area (Å²) in [5.41, 5.74) is 3.70. The summed E-state index contributed by atoms with van der Waals surface area (Å²) in [4.78, 5) is 9.22. The quantitative estimate of drug-likeness (QED) is 0.524. The average Bonchev–Trinajstić information content (AvgIpc) is 2.79. The van der Waals surface area contributed by atoms with Gasteiger partial charge in [0, 0.05) is 24.2 Å². The molecule has 0 amide bonds. The highest BCUT2D eigenvalue weighted by molar-refractivity contribution is 6.14. The lowest BCUT2D eigenvalue weighted by molar-refractivity contribution is 0.252. The van der Waals surface area contributed by atoms with Crippen LogP contribution >= 0.6 is 0 Å². The number of rotatable bonds is 5. The van der Waals surface area contributed by atoms with Gasteiger partial charge >= 0.3 is 0 Å². The highest BCUT2D eigenvalue weighted by Crippen LogP contribution is 2.31. The van der Waals surface area contributed by atoms with Crippen LogP contribution in [0.5, 0.6) is 0 Å². The molecule has 1 saturated heterocycles. The van der Waals surface area contributed by atoms with Crippen LogP contribution in [0.15, 0.2) is 83.9 Å². The van der Waals surface area contributed by atoms with E-state index in [0.29, 0.717) is 17.4 Å². The number of likely N-dealkylation sites (tertiary alicyclic amines) is 1. The average molecular weight is 402 g/mol. The van der Waals surface area contributed by atoms with Crippen molar-refractivity contribution in [2.75, 3.05) is 32.1 Å². The molecule has 3 aromatic rings. The van der Waals surface area contributed by atoms with Crippen LogP contribution in [0, 0.1) is 5.82 Å². The van der Waals surface area contributed by atoms with Gasteiger partial charge < -0.3 is 9.80 Å². The standard InChI is InChI=1S/C26H28FN3/c1-29-18-16-22(17-19-29)30(2)24-15-9-14-23(25(24)27)28-26(20-10-5-3-6-11-20)21-12-7-4-8-13-21/h3-15,22H,16-19H2,1-2H3. The van der Waals surface area contributed by atoms with Gasteiger partial charge in [-0.1, -0.05) is 66.7 Å². The van der Waals surface area contributed by atoms with Crippen molar-refractivity contribution >= 4 is 17.1 Å². The topological polar surface area (TPSA) is 18.8 Å². The van der Waals surface area contributed by atoms with E-state index in [9.17, 15) is 0 Å². The normalized spacial score (nSPS) is 15.0. The Morgan fingerprint density at radius 2 is 1.43 bits per heavy atom. The van der Waals surface area contributed by atoms with Gasteiger partial charge in [0.2, 0.25) is 0 Å². The minimum Gasteiger partial charge on any atom is -0.369 e. The smallest absolute Gasteiger partial charge is 0.172 e. The molecule has 30 heavy (non-hydrogen) atoms. The zero-order valence-electron chi connectivity index (χ0n) is 17.6. The minimum absolute atomic E-state index is 0.261. The fraction of sp³-hybridized carbons (Fsp3) is 0.269. The van der Waals surface area contributed by atoms with Crippen molar-refractivity contribution in [3.05, 3.63) is 95.8 Å². The lowest BCUT2D eigenvalue weighted by atomic mass is 10.0. The van der Waals surface area contributed by atoms with Gasteiger partial charge in [-0.3, -0.25) is 0 Å². The van der Waals surface area contributed by atoms with Crippen molar-refractivity contribution in [3.63, 3.8) is 0 Å². The van der Waals surface area contributed by atoms with Gasteiger partial charge in [-0.2, -0.15) is 0 Å². The molecule has 0 unspecified atom stereocenters. The zero-order chi connectivity index (χ0) is 20.9. The Bertz CT molecular complexity index is 952. The maximum atomic E-state index is 15.6. The van der Waals surface area contributed by atoms with Crippen LogP contribution in [0.4, 0.5) is 15.8 Å². The third-order valence-corrected chi connectivity index (χ3v) is 5.90. The fourth-order valence-electron chi connectivity index (χ4n) is 4.05. The van der Waals surface area contributed by atoms with Crippen LogP contribution in [-0.4, -0.2) is 43.8 Å². The van der Waals surface area contributed by atoms with E-state index in [1.54, 1.807) is 6.07 Å². The van der Waals surface area contributed by atoms with E-state index in [2.05, 4.69) is 16.8 Å². The van der Waals surface area contributed by atoms with Crippen LogP contribution in [0.3, 0.4) is 0 Å². The van der Waals surface area contributed by atoms with Gasteiger partial charge in [0.15, 0.2) is 5.82 Å². The Labute approximate surface area is 178 Å². The largest absolute Gasteiger partial charge is 0.369 e. The van der Waals surface area contributed by atoms with E-state index < -0.39 is 0 Å². The zero-order valence-corrected chi connectivity index (χ0v) is 17.6. The maximum absolute atomic E-state index is 15.6. The van der Waals surface area contributed by atoms with Gasteiger partial charge in [0.1, 0.15) is 5.69 Å². The highest BCUT2D eigenvalue weighted by atomic mass is 19.1. The molecule has 154 valence electrons. The number of halogens is 1. The monoisotopic (exact) mass is 401 g/mol. The van der Waals surface area contributed by atoms with Gasteiger partial charge in [-0.15, -0.1) is 0 Å². The SMILES string of the molecule is CN1CCC(N(C)c2cccc(N=C(c3ccccc3)c3ccccc3)c2F)CC1. The minimum atomic E-state index is -0.261. The number of aliphatic imine (C=N–C) groups is 1. The van der Waals surface area contributed by atoms with Gasteiger partial charge in [-0.05, 0) is 45.1 Å².